The van der Waals surface area contributed by atoms with E-state index in [1.165, 1.54) is 5.57 Å². The smallest absolute Gasteiger partial charge is 0 e. The average Bonchev–Trinajstić information content (AvgIpc) is 1.69. The van der Waals surface area contributed by atoms with Gasteiger partial charge in [0.05, 0.1) is 0 Å². The largest absolute Gasteiger partial charge is 0.533 e. The molecule has 0 aliphatic heterocycles. The quantitative estimate of drug-likeness (QED) is 0.589. The molecule has 0 aromatic heterocycles. The molecule has 0 aromatic rings. The molecule has 0 heterocycles. The Hall–Kier alpha value is 1.69. The van der Waals surface area contributed by atoms with Crippen LogP contribution in [-0.4, -0.2) is 0 Å². The first kappa shape index (κ1) is 13.3. The van der Waals surface area contributed by atoms with E-state index in [0.717, 1.165) is 12.8 Å². The molecule has 0 bridgehead atoms. The first-order chi connectivity index (χ1) is 3.39. The molecule has 2 radical (unpaired) electrons. The molecule has 0 amide bonds. The van der Waals surface area contributed by atoms with Crippen molar-refractivity contribution in [2.24, 2.45) is 0 Å². The van der Waals surface area contributed by atoms with Gasteiger partial charge in [-0.1, -0.05) is 13.3 Å². The summed E-state index contributed by atoms with van der Waals surface area (Å²) in [4.78, 5) is 0. The first-order valence-electron chi connectivity index (χ1n) is 2.53. The van der Waals surface area contributed by atoms with E-state index >= 15 is 0 Å². The second-order valence-electron chi connectivity index (χ2n) is 1.77. The van der Waals surface area contributed by atoms with Crippen LogP contribution >= 0.6 is 0 Å². The Kier molecular flexibility index (Phi) is 11.5. The molecule has 44 valence electrons. The van der Waals surface area contributed by atoms with Crippen molar-refractivity contribution in [3.63, 3.8) is 0 Å². The van der Waals surface area contributed by atoms with Gasteiger partial charge in [0.15, 0.2) is 0 Å². The van der Waals surface area contributed by atoms with Crippen LogP contribution in [-0.2, 0) is 65.4 Å². The van der Waals surface area contributed by atoms with Gasteiger partial charge < -0.3 is 18.2 Å². The second kappa shape index (κ2) is 7.79. The van der Waals surface area contributed by atoms with Crippen LogP contribution < -0.4 is 0 Å². The molecule has 0 atom stereocenters. The fourth-order valence-electron chi connectivity index (χ4n) is 0.578. The first-order valence-corrected chi connectivity index (χ1v) is 2.53. The summed E-state index contributed by atoms with van der Waals surface area (Å²) in [6.45, 7) is 2.09. The minimum Gasteiger partial charge on any atom is -0.533 e. The van der Waals surface area contributed by atoms with Gasteiger partial charge >= 0.3 is 0 Å². The van der Waals surface area contributed by atoms with Gasteiger partial charge in [0.25, 0.3) is 0 Å². The molecule has 2 heteroatoms. The summed E-state index contributed by atoms with van der Waals surface area (Å²) >= 11 is 0. The van der Waals surface area contributed by atoms with Crippen molar-refractivity contribution in [2.75, 3.05) is 0 Å². The van der Waals surface area contributed by atoms with Crippen molar-refractivity contribution >= 4 is 0 Å². The summed E-state index contributed by atoms with van der Waals surface area (Å²) in [7, 11) is 0. The van der Waals surface area contributed by atoms with Gasteiger partial charge in [-0.2, -0.15) is 6.42 Å². The van der Waals surface area contributed by atoms with Gasteiger partial charge in [-0.25, -0.2) is 0 Å². The Morgan fingerprint density at radius 3 is 2.33 bits per heavy atom. The van der Waals surface area contributed by atoms with Crippen LogP contribution in [0.15, 0.2) is 11.6 Å². The number of rotatable bonds is 0. The molecule has 0 saturated heterocycles. The fraction of sp³-hybridized carbons (Fsp3) is 0.429. The maximum Gasteiger partial charge on any atom is 0 e. The van der Waals surface area contributed by atoms with Gasteiger partial charge in [-0.05, 0) is 0 Å². The molecule has 1 aliphatic rings. The summed E-state index contributed by atoms with van der Waals surface area (Å²) in [6, 6.07) is 0. The van der Waals surface area contributed by atoms with Crippen molar-refractivity contribution in [3.8, 4) is 0 Å². The zero-order valence-corrected chi connectivity index (χ0v) is 11.3. The van der Waals surface area contributed by atoms with E-state index in [2.05, 4.69) is 19.1 Å². The van der Waals surface area contributed by atoms with Crippen molar-refractivity contribution in [3.05, 3.63) is 23.8 Å². The standard InChI is InChI=1S/C7H8.2Y/c1-7-5-3-2-4-6-7;;/h3H,4,6H2,1H3;;/q-2;;. The van der Waals surface area contributed by atoms with Crippen LogP contribution in [0.25, 0.3) is 0 Å². The van der Waals surface area contributed by atoms with Crippen LogP contribution in [0.1, 0.15) is 19.8 Å². The van der Waals surface area contributed by atoms with E-state index in [1.54, 1.807) is 0 Å². The van der Waals surface area contributed by atoms with Gasteiger partial charge in [0.1, 0.15) is 0 Å². The monoisotopic (exact) mass is 270 g/mol. The third kappa shape index (κ3) is 6.10. The molecule has 0 unspecified atom stereocenters. The fourth-order valence-corrected chi connectivity index (χ4v) is 0.578. The predicted molar refractivity (Wildman–Crippen MR) is 29.5 cm³/mol. The van der Waals surface area contributed by atoms with Gasteiger partial charge in [-0.3, -0.25) is 5.57 Å². The van der Waals surface area contributed by atoms with Crippen LogP contribution in [0.2, 0.25) is 0 Å². The second-order valence-corrected chi connectivity index (χ2v) is 1.77. The van der Waals surface area contributed by atoms with Crippen molar-refractivity contribution < 1.29 is 65.4 Å². The molecule has 1 rings (SSSR count). The van der Waals surface area contributed by atoms with E-state index in [-0.39, 0.29) is 65.4 Å². The summed E-state index contributed by atoms with van der Waals surface area (Å²) in [5.41, 5.74) is 1.35. The summed E-state index contributed by atoms with van der Waals surface area (Å²) in [5.74, 6) is 0. The van der Waals surface area contributed by atoms with Crippen molar-refractivity contribution in [2.45, 2.75) is 19.8 Å². The Labute approximate surface area is 107 Å². The Morgan fingerprint density at radius 1 is 1.44 bits per heavy atom. The van der Waals surface area contributed by atoms with Crippen LogP contribution in [0, 0.1) is 12.2 Å². The molecular formula is C7H8Y2-2. The molecule has 0 nitrogen and oxygen atoms in total. The molecule has 0 aromatic carbocycles. The maximum absolute atomic E-state index is 3.06. The third-order valence-electron chi connectivity index (χ3n) is 1.06. The number of hydrogen-bond acceptors (Lipinski definition) is 0. The Morgan fingerprint density at radius 2 is 2.11 bits per heavy atom. The van der Waals surface area contributed by atoms with E-state index in [1.807, 2.05) is 6.08 Å². The van der Waals surface area contributed by atoms with Crippen molar-refractivity contribution in [1.29, 1.82) is 0 Å². The minimum absolute atomic E-state index is 0. The third-order valence-corrected chi connectivity index (χ3v) is 1.06. The summed E-state index contributed by atoms with van der Waals surface area (Å²) in [6.07, 6.45) is 10.2. The molecule has 0 spiro atoms. The van der Waals surface area contributed by atoms with E-state index in [0.29, 0.717) is 0 Å². The van der Waals surface area contributed by atoms with E-state index in [4.69, 9.17) is 0 Å². The molecular weight excluding hydrogens is 262 g/mol. The zero-order chi connectivity index (χ0) is 5.11. The molecule has 0 fully saturated rings. The van der Waals surface area contributed by atoms with E-state index < -0.39 is 0 Å². The maximum atomic E-state index is 3.06. The molecule has 1 aliphatic carbocycles. The van der Waals surface area contributed by atoms with Gasteiger partial charge in [0, 0.05) is 65.4 Å². The summed E-state index contributed by atoms with van der Waals surface area (Å²) < 4.78 is 0. The van der Waals surface area contributed by atoms with Crippen molar-refractivity contribution in [1.82, 2.24) is 0 Å². The Balaban J connectivity index is 0. The van der Waals surface area contributed by atoms with Crippen LogP contribution in [0.3, 0.4) is 0 Å². The number of allylic oxidation sites excluding steroid dienone is 4. The van der Waals surface area contributed by atoms with Crippen LogP contribution in [0.4, 0.5) is 0 Å². The minimum atomic E-state index is 0. The normalized spacial score (nSPS) is 15.0. The predicted octanol–water partition coefficient (Wildman–Crippen LogP) is 1.88. The summed E-state index contributed by atoms with van der Waals surface area (Å²) in [5, 5.41) is 0. The number of hydrogen-bond donors (Lipinski definition) is 0. The molecule has 9 heavy (non-hydrogen) atoms. The SMILES string of the molecule is CC1=[C-]C=[C-]CC1.[Y].[Y]. The van der Waals surface area contributed by atoms with E-state index in [9.17, 15) is 0 Å². The topological polar surface area (TPSA) is 0 Å². The van der Waals surface area contributed by atoms with Crippen LogP contribution in [0.5, 0.6) is 0 Å². The Bertz CT molecular complexity index is 114. The average molecular weight is 270 g/mol. The molecule has 0 saturated carbocycles. The molecule has 0 N–H and O–H groups in total. The zero-order valence-electron chi connectivity index (χ0n) is 5.65. The van der Waals surface area contributed by atoms with Gasteiger partial charge in [0.2, 0.25) is 0 Å². The van der Waals surface area contributed by atoms with Gasteiger partial charge in [-0.15, -0.1) is 0 Å².